The Bertz CT molecular complexity index is 328. The number of hydrogen-bond donors (Lipinski definition) is 0. The van der Waals surface area contributed by atoms with Crippen LogP contribution in [0.5, 0.6) is 0 Å². The van der Waals surface area contributed by atoms with Crippen LogP contribution in [0.2, 0.25) is 0 Å². The van der Waals surface area contributed by atoms with Crippen molar-refractivity contribution in [3.8, 4) is 0 Å². The van der Waals surface area contributed by atoms with Crippen molar-refractivity contribution in [2.45, 2.75) is 58.9 Å². The first-order chi connectivity index (χ1) is 9.27. The van der Waals surface area contributed by atoms with Crippen molar-refractivity contribution in [1.82, 2.24) is 4.90 Å². The fraction of sp³-hybridized carbons (Fsp3) is 0.647. The molecule has 0 aliphatic heterocycles. The van der Waals surface area contributed by atoms with Gasteiger partial charge in [0.05, 0.1) is 0 Å². The molecule has 0 atom stereocenters. The van der Waals surface area contributed by atoms with Gasteiger partial charge < -0.3 is 0 Å². The Morgan fingerprint density at radius 1 is 0.895 bits per heavy atom. The molecule has 0 aliphatic rings. The molecule has 2 heteroatoms. The van der Waals surface area contributed by atoms with E-state index >= 15 is 0 Å². The van der Waals surface area contributed by atoms with E-state index in [2.05, 4.69) is 60.7 Å². The minimum atomic E-state index is 1.13. The van der Waals surface area contributed by atoms with Crippen LogP contribution in [-0.2, 0) is 6.54 Å². The molecule has 0 heterocycles. The van der Waals surface area contributed by atoms with E-state index in [0.29, 0.717) is 0 Å². The Morgan fingerprint density at radius 2 is 1.47 bits per heavy atom. The molecule has 0 aromatic heterocycles. The Balaban J connectivity index is 2.49. The summed E-state index contributed by atoms with van der Waals surface area (Å²) in [6, 6.07) is 8.81. The van der Waals surface area contributed by atoms with Gasteiger partial charge in [-0.15, -0.1) is 0 Å². The van der Waals surface area contributed by atoms with E-state index in [0.717, 1.165) is 6.54 Å². The molecular weight excluding hydrogens is 225 g/mol. The zero-order valence-corrected chi connectivity index (χ0v) is 13.1. The van der Waals surface area contributed by atoms with Crippen molar-refractivity contribution in [1.29, 1.82) is 0 Å². The molecule has 1 rings (SSSR count). The molecule has 102 valence electrons. The molecule has 0 aliphatic carbocycles. The van der Waals surface area contributed by atoms with Crippen molar-refractivity contribution in [2.24, 2.45) is 0 Å². The Morgan fingerprint density at radius 3 is 2.00 bits per heavy atom. The van der Waals surface area contributed by atoms with Crippen molar-refractivity contribution >= 4 is 22.0 Å². The number of nitrogens with zero attached hydrogens (tertiary/aromatic N) is 1. The molecule has 0 saturated carbocycles. The van der Waals surface area contributed by atoms with Gasteiger partial charge in [-0.1, -0.05) is 0 Å². The van der Waals surface area contributed by atoms with Gasteiger partial charge in [0, 0.05) is 0 Å². The predicted molar refractivity (Wildman–Crippen MR) is 86.2 cm³/mol. The fourth-order valence-electron chi connectivity index (χ4n) is 2.47. The Kier molecular flexibility index (Phi) is 9.35. The van der Waals surface area contributed by atoms with Gasteiger partial charge >= 0.3 is 129 Å². The van der Waals surface area contributed by atoms with Crippen LogP contribution < -0.4 is 4.24 Å². The van der Waals surface area contributed by atoms with Crippen LogP contribution >= 0.6 is 0 Å². The van der Waals surface area contributed by atoms with Gasteiger partial charge in [0.15, 0.2) is 0 Å². The molecule has 0 amide bonds. The topological polar surface area (TPSA) is 3.24 Å². The van der Waals surface area contributed by atoms with Crippen LogP contribution in [0, 0.1) is 0 Å². The maximum atomic E-state index is 2.65. The van der Waals surface area contributed by atoms with Crippen molar-refractivity contribution in [2.75, 3.05) is 13.1 Å². The zero-order chi connectivity index (χ0) is 13.9. The standard InChI is InChI=1S/C17H28N.Li/c1-3-5-10-14-18(15-11-6-4-2)16-17-12-8-7-9-13-17;/h7-9,12H,3-6,10-11,14-16H2,1-2H3;. The van der Waals surface area contributed by atoms with Crippen LogP contribution in [0.3, 0.4) is 0 Å². The van der Waals surface area contributed by atoms with Gasteiger partial charge in [0.1, 0.15) is 0 Å². The van der Waals surface area contributed by atoms with E-state index in [1.165, 1.54) is 61.4 Å². The third kappa shape index (κ3) is 7.21. The van der Waals surface area contributed by atoms with Crippen molar-refractivity contribution < 1.29 is 0 Å². The average molecular weight is 253 g/mol. The van der Waals surface area contributed by atoms with Crippen molar-refractivity contribution in [3.63, 3.8) is 0 Å². The molecule has 0 radical (unpaired) electrons. The first-order valence-electron chi connectivity index (χ1n) is 8.04. The molecule has 0 fully saturated rings. The maximum absolute atomic E-state index is 2.65. The summed E-state index contributed by atoms with van der Waals surface area (Å²) in [7, 11) is 0. The van der Waals surface area contributed by atoms with Crippen LogP contribution in [0.25, 0.3) is 0 Å². The van der Waals surface area contributed by atoms with E-state index in [1.54, 1.807) is 0 Å². The molecule has 0 N–H and O–H groups in total. The molecular formula is C17H28LiN. The van der Waals surface area contributed by atoms with Crippen LogP contribution in [0.1, 0.15) is 57.9 Å². The summed E-state index contributed by atoms with van der Waals surface area (Å²) in [5.74, 6) is 0. The molecule has 0 bridgehead atoms. The molecule has 1 aromatic carbocycles. The number of hydrogen-bond acceptors (Lipinski definition) is 1. The number of benzene rings is 1. The molecule has 1 nitrogen and oxygen atoms in total. The van der Waals surface area contributed by atoms with E-state index in [-0.39, 0.29) is 0 Å². The van der Waals surface area contributed by atoms with Gasteiger partial charge in [-0.05, 0) is 0 Å². The average Bonchev–Trinajstić information content (AvgIpc) is 2.41. The quantitative estimate of drug-likeness (QED) is 0.454. The normalized spacial score (nSPS) is 11.2. The summed E-state index contributed by atoms with van der Waals surface area (Å²) in [5.41, 5.74) is 1.50. The monoisotopic (exact) mass is 253 g/mol. The van der Waals surface area contributed by atoms with Crippen molar-refractivity contribution in [3.05, 3.63) is 29.8 Å². The second-order valence-corrected chi connectivity index (χ2v) is 5.62. The molecule has 19 heavy (non-hydrogen) atoms. The van der Waals surface area contributed by atoms with Gasteiger partial charge in [-0.3, -0.25) is 0 Å². The molecule has 1 aromatic rings. The first kappa shape index (κ1) is 16.8. The second-order valence-electron chi connectivity index (χ2n) is 5.62. The van der Waals surface area contributed by atoms with Crippen LogP contribution in [0.4, 0.5) is 0 Å². The molecule has 0 saturated heterocycles. The summed E-state index contributed by atoms with van der Waals surface area (Å²) in [6.45, 7) is 8.20. The van der Waals surface area contributed by atoms with Gasteiger partial charge in [-0.25, -0.2) is 0 Å². The summed E-state index contributed by atoms with van der Waals surface area (Å²) in [6.07, 6.45) is 8.03. The van der Waals surface area contributed by atoms with Gasteiger partial charge in [-0.2, -0.15) is 0 Å². The Labute approximate surface area is 129 Å². The number of unbranched alkanes of at least 4 members (excludes halogenated alkanes) is 4. The molecule has 0 spiro atoms. The summed E-state index contributed by atoms with van der Waals surface area (Å²) in [4.78, 5) is 2.65. The SMILES string of the molecule is [Li][c]1ccccc1CN(CCCCC)CCCCC. The summed E-state index contributed by atoms with van der Waals surface area (Å²) >= 11 is 2.23. The van der Waals surface area contributed by atoms with Gasteiger partial charge in [0.25, 0.3) is 0 Å². The summed E-state index contributed by atoms with van der Waals surface area (Å²) in [5, 5.41) is 0. The van der Waals surface area contributed by atoms with Crippen LogP contribution in [-0.4, -0.2) is 35.7 Å². The van der Waals surface area contributed by atoms with E-state index < -0.39 is 0 Å². The van der Waals surface area contributed by atoms with Crippen LogP contribution in [0.15, 0.2) is 24.3 Å². The first-order valence-corrected chi connectivity index (χ1v) is 8.04. The zero-order valence-electron chi connectivity index (χ0n) is 13.1. The van der Waals surface area contributed by atoms with Gasteiger partial charge in [0.2, 0.25) is 0 Å². The fourth-order valence-corrected chi connectivity index (χ4v) is 2.47. The van der Waals surface area contributed by atoms with E-state index in [9.17, 15) is 0 Å². The van der Waals surface area contributed by atoms with E-state index in [4.69, 9.17) is 0 Å². The third-order valence-corrected chi connectivity index (χ3v) is 3.81. The third-order valence-electron chi connectivity index (χ3n) is 3.81. The summed E-state index contributed by atoms with van der Waals surface area (Å²) < 4.78 is 1.43. The number of rotatable bonds is 10. The Hall–Kier alpha value is -0.223. The molecule has 0 unspecified atom stereocenters. The second kappa shape index (κ2) is 10.6. The van der Waals surface area contributed by atoms with E-state index in [1.807, 2.05) is 0 Å². The minimum absolute atomic E-state index is 1.13. The predicted octanol–water partition coefficient (Wildman–Crippen LogP) is 3.66.